The Labute approximate surface area is 172 Å². The molecule has 0 saturated carbocycles. The van der Waals surface area contributed by atoms with Gasteiger partial charge in [-0.1, -0.05) is 29.1 Å². The van der Waals surface area contributed by atoms with Crippen molar-refractivity contribution in [2.75, 3.05) is 19.8 Å². The van der Waals surface area contributed by atoms with E-state index in [1.807, 2.05) is 37.3 Å². The Hall–Kier alpha value is -3.07. The van der Waals surface area contributed by atoms with Gasteiger partial charge in [0.15, 0.2) is 6.61 Å². The number of hydrogen-bond acceptors (Lipinski definition) is 8. The molecule has 1 saturated heterocycles. The van der Waals surface area contributed by atoms with Gasteiger partial charge in [-0.3, -0.25) is 14.9 Å². The van der Waals surface area contributed by atoms with Gasteiger partial charge in [-0.2, -0.15) is 0 Å². The van der Waals surface area contributed by atoms with Crippen molar-refractivity contribution < 1.29 is 23.9 Å². The van der Waals surface area contributed by atoms with Crippen LogP contribution in [-0.4, -0.2) is 47.4 Å². The van der Waals surface area contributed by atoms with Crippen molar-refractivity contribution in [3.05, 3.63) is 53.7 Å². The predicted octanol–water partition coefficient (Wildman–Crippen LogP) is 2.80. The van der Waals surface area contributed by atoms with Gasteiger partial charge in [-0.05, 0) is 37.1 Å². The summed E-state index contributed by atoms with van der Waals surface area (Å²) in [5.74, 6) is 1.03. The highest BCUT2D eigenvalue weighted by Gasteiger charge is 2.31. The lowest BCUT2D eigenvalue weighted by atomic mass is 10.1. The van der Waals surface area contributed by atoms with E-state index in [2.05, 4.69) is 15.5 Å². The van der Waals surface area contributed by atoms with E-state index in [4.69, 9.17) is 14.3 Å². The lowest BCUT2D eigenvalue weighted by Gasteiger charge is -2.08. The van der Waals surface area contributed by atoms with E-state index in [9.17, 15) is 9.59 Å². The minimum Gasteiger partial charge on any atom is -0.490 e. The van der Waals surface area contributed by atoms with Gasteiger partial charge >= 0.3 is 0 Å². The van der Waals surface area contributed by atoms with E-state index in [0.29, 0.717) is 37.9 Å². The van der Waals surface area contributed by atoms with Gasteiger partial charge in [0, 0.05) is 17.8 Å². The summed E-state index contributed by atoms with van der Waals surface area (Å²) in [6.07, 6.45) is 3.72. The summed E-state index contributed by atoms with van der Waals surface area (Å²) in [6, 6.07) is 11.0. The average molecular weight is 415 g/mol. The highest BCUT2D eigenvalue weighted by molar-refractivity contribution is 8.15. The van der Waals surface area contributed by atoms with Crippen molar-refractivity contribution in [1.82, 2.24) is 10.3 Å². The molecule has 1 aliphatic rings. The second-order valence-electron chi connectivity index (χ2n) is 6.01. The number of pyridine rings is 1. The van der Waals surface area contributed by atoms with E-state index in [-0.39, 0.29) is 16.4 Å². The molecule has 1 aromatic heterocycles. The van der Waals surface area contributed by atoms with Gasteiger partial charge in [0.05, 0.1) is 18.1 Å². The third-order valence-corrected chi connectivity index (χ3v) is 4.86. The highest BCUT2D eigenvalue weighted by Crippen LogP contribution is 2.23. The van der Waals surface area contributed by atoms with Crippen molar-refractivity contribution in [3.8, 4) is 11.6 Å². The van der Waals surface area contributed by atoms with Crippen LogP contribution < -0.4 is 14.8 Å². The Morgan fingerprint density at radius 3 is 2.62 bits per heavy atom. The van der Waals surface area contributed by atoms with Crippen molar-refractivity contribution in [1.29, 1.82) is 0 Å². The van der Waals surface area contributed by atoms with Gasteiger partial charge in [0.2, 0.25) is 11.8 Å². The molecule has 2 aromatic rings. The molecular weight excluding hydrogens is 394 g/mol. The Kier molecular flexibility index (Phi) is 7.46. The topological polar surface area (TPSA) is 99.1 Å². The van der Waals surface area contributed by atoms with Crippen LogP contribution in [0.3, 0.4) is 0 Å². The Morgan fingerprint density at radius 2 is 1.97 bits per heavy atom. The predicted molar refractivity (Wildman–Crippen MR) is 110 cm³/mol. The number of ether oxygens (including phenoxy) is 2. The number of amides is 2. The normalized spacial score (nSPS) is 16.1. The van der Waals surface area contributed by atoms with E-state index in [1.54, 1.807) is 18.5 Å². The van der Waals surface area contributed by atoms with Crippen molar-refractivity contribution >= 4 is 29.1 Å². The van der Waals surface area contributed by atoms with Crippen LogP contribution in [0.25, 0.3) is 0 Å². The first-order valence-electron chi connectivity index (χ1n) is 9.11. The molecule has 152 valence electrons. The van der Waals surface area contributed by atoms with Crippen molar-refractivity contribution in [2.45, 2.75) is 18.6 Å². The maximum Gasteiger partial charge on any atom is 0.286 e. The number of rotatable bonds is 10. The van der Waals surface area contributed by atoms with Gasteiger partial charge in [-0.15, -0.1) is 0 Å². The number of carbonyl (C=O) groups excluding carboxylic acids is 2. The largest absolute Gasteiger partial charge is 0.490 e. The number of aromatic nitrogens is 1. The molecule has 3 rings (SSSR count). The first kappa shape index (κ1) is 20.7. The molecule has 8 nitrogen and oxygen atoms in total. The SMILES string of the molecule is CCOc1ccc(C=NOCCOc2ccc(CC3SC(=O)NC3=O)cc2)cn1. The first-order valence-corrected chi connectivity index (χ1v) is 9.99. The van der Waals surface area contributed by atoms with E-state index in [1.165, 1.54) is 0 Å². The van der Waals surface area contributed by atoms with E-state index >= 15 is 0 Å². The third kappa shape index (κ3) is 6.49. The Balaban J connectivity index is 1.35. The van der Waals surface area contributed by atoms with E-state index in [0.717, 1.165) is 22.9 Å². The maximum absolute atomic E-state index is 11.6. The minimum atomic E-state index is -0.369. The number of carbonyl (C=O) groups is 2. The number of benzene rings is 1. The van der Waals surface area contributed by atoms with Gasteiger partial charge < -0.3 is 14.3 Å². The van der Waals surface area contributed by atoms with Gasteiger partial charge in [0.25, 0.3) is 5.24 Å². The van der Waals surface area contributed by atoms with Crippen LogP contribution in [-0.2, 0) is 16.1 Å². The molecule has 2 amide bonds. The van der Waals surface area contributed by atoms with E-state index < -0.39 is 0 Å². The number of nitrogens with one attached hydrogen (secondary N) is 1. The minimum absolute atomic E-state index is 0.237. The Morgan fingerprint density at radius 1 is 1.14 bits per heavy atom. The highest BCUT2D eigenvalue weighted by atomic mass is 32.2. The summed E-state index contributed by atoms with van der Waals surface area (Å²) in [6.45, 7) is 3.11. The van der Waals surface area contributed by atoms with Crippen LogP contribution in [0.15, 0.2) is 47.8 Å². The summed E-state index contributed by atoms with van der Waals surface area (Å²) in [4.78, 5) is 32.1. The standard InChI is InChI=1S/C20H21N3O5S/c1-2-26-18-8-5-15(12-21-18)13-22-28-10-9-27-16-6-3-14(4-7-16)11-17-19(24)23-20(25)29-17/h3-8,12-13,17H,2,9-11H2,1H3,(H,23,24,25). The number of nitrogens with zero attached hydrogens (tertiary/aromatic N) is 2. The van der Waals surface area contributed by atoms with Crippen LogP contribution in [0, 0.1) is 0 Å². The molecule has 1 N–H and O–H groups in total. The lowest BCUT2D eigenvalue weighted by Crippen LogP contribution is -2.25. The zero-order chi connectivity index (χ0) is 20.5. The van der Waals surface area contributed by atoms with Crippen molar-refractivity contribution in [3.63, 3.8) is 0 Å². The zero-order valence-corrected chi connectivity index (χ0v) is 16.7. The van der Waals surface area contributed by atoms with Crippen LogP contribution in [0.2, 0.25) is 0 Å². The third-order valence-electron chi connectivity index (χ3n) is 3.88. The molecule has 29 heavy (non-hydrogen) atoms. The summed E-state index contributed by atoms with van der Waals surface area (Å²) in [7, 11) is 0. The molecule has 9 heteroatoms. The molecule has 0 spiro atoms. The Bertz CT molecular complexity index is 855. The summed E-state index contributed by atoms with van der Waals surface area (Å²) >= 11 is 1.02. The second-order valence-corrected chi connectivity index (χ2v) is 7.19. The number of thioether (sulfide) groups is 1. The van der Waals surface area contributed by atoms with Gasteiger partial charge in [0.1, 0.15) is 12.4 Å². The average Bonchev–Trinajstić information content (AvgIpc) is 3.04. The molecule has 0 aliphatic carbocycles. The fourth-order valence-corrected chi connectivity index (χ4v) is 3.37. The first-order chi connectivity index (χ1) is 14.1. The molecule has 0 radical (unpaired) electrons. The van der Waals surface area contributed by atoms with Crippen LogP contribution >= 0.6 is 11.8 Å². The molecule has 1 aliphatic heterocycles. The number of hydrogen-bond donors (Lipinski definition) is 1. The lowest BCUT2D eigenvalue weighted by molar-refractivity contribution is -0.118. The summed E-state index contributed by atoms with van der Waals surface area (Å²) < 4.78 is 10.9. The quantitative estimate of drug-likeness (QED) is 0.362. The molecular formula is C20H21N3O5S. The van der Waals surface area contributed by atoms with Crippen LogP contribution in [0.5, 0.6) is 11.6 Å². The molecule has 1 fully saturated rings. The maximum atomic E-state index is 11.6. The second kappa shape index (κ2) is 10.5. The molecule has 1 atom stereocenters. The number of imide groups is 1. The van der Waals surface area contributed by atoms with Crippen molar-refractivity contribution in [2.24, 2.45) is 5.16 Å². The molecule has 0 bridgehead atoms. The zero-order valence-electron chi connectivity index (χ0n) is 15.9. The van der Waals surface area contributed by atoms with Crippen LogP contribution in [0.4, 0.5) is 4.79 Å². The van der Waals surface area contributed by atoms with Crippen LogP contribution in [0.1, 0.15) is 18.1 Å². The summed E-state index contributed by atoms with van der Waals surface area (Å²) in [5, 5.41) is 5.51. The smallest absolute Gasteiger partial charge is 0.286 e. The monoisotopic (exact) mass is 415 g/mol. The fraction of sp³-hybridized carbons (Fsp3) is 0.300. The number of oxime groups is 1. The molecule has 1 aromatic carbocycles. The van der Waals surface area contributed by atoms with Gasteiger partial charge in [-0.25, -0.2) is 4.98 Å². The molecule has 1 unspecified atom stereocenters. The fourth-order valence-electron chi connectivity index (χ4n) is 2.51. The molecule has 2 heterocycles. The summed E-state index contributed by atoms with van der Waals surface area (Å²) in [5.41, 5.74) is 1.77.